The summed E-state index contributed by atoms with van der Waals surface area (Å²) in [5, 5.41) is 9.55. The molecule has 0 radical (unpaired) electrons. The van der Waals surface area contributed by atoms with Crippen LogP contribution < -0.4 is 0 Å². The highest BCUT2D eigenvalue weighted by Gasteiger charge is 2.18. The molecule has 2 aromatic heterocycles. The molecule has 8 aromatic carbocycles. The van der Waals surface area contributed by atoms with Gasteiger partial charge >= 0.3 is 0 Å². The van der Waals surface area contributed by atoms with E-state index >= 15 is 0 Å². The molecular weight excluding hydrogens is 615 g/mol. The van der Waals surface area contributed by atoms with Crippen LogP contribution in [0.1, 0.15) is 0 Å². The van der Waals surface area contributed by atoms with E-state index in [1.165, 1.54) is 47.5 Å². The molecule has 0 atom stereocenters. The Morgan fingerprint density at radius 2 is 0.837 bits per heavy atom. The van der Waals surface area contributed by atoms with E-state index in [1.54, 1.807) is 0 Å². The number of rotatable bonds is 4. The van der Waals surface area contributed by atoms with E-state index in [-0.39, 0.29) is 0 Å². The Labute approximate surface area is 286 Å². The summed E-state index contributed by atoms with van der Waals surface area (Å²) in [5.74, 6) is 1.96. The molecule has 0 spiro atoms. The smallest absolute Gasteiger partial charge is 0.164 e. The highest BCUT2D eigenvalue weighted by Crippen LogP contribution is 2.43. The molecule has 0 aliphatic carbocycles. The molecule has 228 valence electrons. The van der Waals surface area contributed by atoms with Crippen molar-refractivity contribution in [1.29, 1.82) is 0 Å². The topological polar surface area (TPSA) is 38.7 Å². The molecule has 0 aliphatic heterocycles. The average Bonchev–Trinajstić information content (AvgIpc) is 3.56. The third-order valence-corrected chi connectivity index (χ3v) is 10.6. The van der Waals surface area contributed by atoms with Crippen LogP contribution in [-0.2, 0) is 0 Å². The molecule has 49 heavy (non-hydrogen) atoms. The Bertz CT molecular complexity index is 2810. The van der Waals surface area contributed by atoms with Gasteiger partial charge in [0.1, 0.15) is 0 Å². The zero-order valence-corrected chi connectivity index (χ0v) is 27.2. The van der Waals surface area contributed by atoms with E-state index < -0.39 is 0 Å². The first kappa shape index (κ1) is 27.8. The minimum absolute atomic E-state index is 0.654. The minimum Gasteiger partial charge on any atom is -0.208 e. The summed E-state index contributed by atoms with van der Waals surface area (Å²) in [6.45, 7) is 0. The second kappa shape index (κ2) is 11.2. The highest BCUT2D eigenvalue weighted by atomic mass is 32.1. The molecule has 0 bridgehead atoms. The Morgan fingerprint density at radius 3 is 1.51 bits per heavy atom. The molecule has 4 heteroatoms. The number of fused-ring (bicyclic) bond motifs is 6. The third-order valence-electron chi connectivity index (χ3n) is 9.51. The minimum atomic E-state index is 0.654. The molecule has 0 fully saturated rings. The van der Waals surface area contributed by atoms with Crippen LogP contribution in [0.2, 0.25) is 0 Å². The molecule has 3 nitrogen and oxygen atoms in total. The molecule has 2 heterocycles. The van der Waals surface area contributed by atoms with Gasteiger partial charge < -0.3 is 0 Å². The lowest BCUT2D eigenvalue weighted by molar-refractivity contribution is 1.08. The quantitative estimate of drug-likeness (QED) is 0.192. The maximum Gasteiger partial charge on any atom is 0.164 e. The third kappa shape index (κ3) is 4.68. The Morgan fingerprint density at radius 1 is 0.327 bits per heavy atom. The lowest BCUT2D eigenvalue weighted by atomic mass is 9.92. The van der Waals surface area contributed by atoms with Crippen LogP contribution in [0.3, 0.4) is 0 Å². The average molecular weight is 642 g/mol. The van der Waals surface area contributed by atoms with Crippen LogP contribution in [0.5, 0.6) is 0 Å². The Kier molecular flexibility index (Phi) is 6.36. The van der Waals surface area contributed by atoms with Gasteiger partial charge in [0, 0.05) is 36.9 Å². The fourth-order valence-corrected chi connectivity index (χ4v) is 8.27. The number of aromatic nitrogens is 3. The zero-order valence-electron chi connectivity index (χ0n) is 26.3. The second-order valence-electron chi connectivity index (χ2n) is 12.4. The highest BCUT2D eigenvalue weighted by molar-refractivity contribution is 7.25. The van der Waals surface area contributed by atoms with Gasteiger partial charge in [-0.15, -0.1) is 11.3 Å². The van der Waals surface area contributed by atoms with Gasteiger partial charge in [-0.25, -0.2) is 15.0 Å². The van der Waals surface area contributed by atoms with Crippen molar-refractivity contribution in [2.45, 2.75) is 0 Å². The molecule has 0 amide bonds. The summed E-state index contributed by atoms with van der Waals surface area (Å²) < 4.78 is 2.60. The van der Waals surface area contributed by atoms with Crippen LogP contribution in [0.15, 0.2) is 164 Å². The van der Waals surface area contributed by atoms with E-state index in [2.05, 4.69) is 164 Å². The maximum absolute atomic E-state index is 5.18. The predicted octanol–water partition coefficient (Wildman–Crippen LogP) is 12.4. The van der Waals surface area contributed by atoms with E-state index in [0.29, 0.717) is 17.5 Å². The first-order valence-electron chi connectivity index (χ1n) is 16.4. The monoisotopic (exact) mass is 641 g/mol. The molecule has 0 saturated heterocycles. The fourth-order valence-electron chi connectivity index (χ4n) is 7.14. The summed E-state index contributed by atoms with van der Waals surface area (Å²) in [7, 11) is 0. The summed E-state index contributed by atoms with van der Waals surface area (Å²) >= 11 is 1.85. The SMILES string of the molecule is c1ccc2cc(-c3nc(-c4ccc5ccccc5c4)nc(-c4ccc(-c5cccc6sc7ccccc7c56)c5ccccc45)n3)ccc2c1. The van der Waals surface area contributed by atoms with Crippen molar-refractivity contribution in [3.05, 3.63) is 164 Å². The van der Waals surface area contributed by atoms with Crippen LogP contribution in [0.4, 0.5) is 0 Å². The van der Waals surface area contributed by atoms with Crippen molar-refractivity contribution in [3.8, 4) is 45.3 Å². The molecule has 10 rings (SSSR count). The van der Waals surface area contributed by atoms with Gasteiger partial charge in [-0.3, -0.25) is 0 Å². The van der Waals surface area contributed by atoms with Gasteiger partial charge in [0.25, 0.3) is 0 Å². The number of thiophene rings is 1. The largest absolute Gasteiger partial charge is 0.208 e. The maximum atomic E-state index is 5.18. The lowest BCUT2D eigenvalue weighted by Crippen LogP contribution is -2.01. The molecule has 0 N–H and O–H groups in total. The summed E-state index contributed by atoms with van der Waals surface area (Å²) in [4.78, 5) is 15.5. The molecule has 0 saturated carbocycles. The van der Waals surface area contributed by atoms with E-state index in [9.17, 15) is 0 Å². The van der Waals surface area contributed by atoms with E-state index in [4.69, 9.17) is 15.0 Å². The van der Waals surface area contributed by atoms with Crippen molar-refractivity contribution in [3.63, 3.8) is 0 Å². The van der Waals surface area contributed by atoms with Crippen LogP contribution >= 0.6 is 11.3 Å². The van der Waals surface area contributed by atoms with Gasteiger partial charge in [-0.2, -0.15) is 0 Å². The van der Waals surface area contributed by atoms with Gasteiger partial charge in [0.15, 0.2) is 17.5 Å². The zero-order chi connectivity index (χ0) is 32.3. The standard InChI is InChI=1S/C45H27N3S/c1-3-12-30-26-32(22-20-28(30)10-1)43-46-44(33-23-21-29-11-2-4-13-31(29)27-33)48-45(47-43)38-25-24-36(34-14-5-6-15-35(34)38)37-17-9-19-41-42(37)39-16-7-8-18-40(39)49-41/h1-27H. The normalized spacial score (nSPS) is 11.7. The molecule has 10 aromatic rings. The first-order chi connectivity index (χ1) is 24.3. The summed E-state index contributed by atoms with van der Waals surface area (Å²) in [6.07, 6.45) is 0. The lowest BCUT2D eigenvalue weighted by Gasteiger charge is -2.14. The van der Waals surface area contributed by atoms with E-state index in [1.807, 2.05) is 11.3 Å². The molecule has 0 unspecified atom stereocenters. The van der Waals surface area contributed by atoms with Crippen molar-refractivity contribution in [2.75, 3.05) is 0 Å². The van der Waals surface area contributed by atoms with Gasteiger partial charge in [-0.1, -0.05) is 133 Å². The van der Waals surface area contributed by atoms with E-state index in [0.717, 1.165) is 32.8 Å². The summed E-state index contributed by atoms with van der Waals surface area (Å²) in [6, 6.07) is 58.1. The van der Waals surface area contributed by atoms with Crippen LogP contribution in [0, 0.1) is 0 Å². The Hall–Kier alpha value is -6.23. The van der Waals surface area contributed by atoms with Crippen LogP contribution in [0.25, 0.3) is 97.8 Å². The number of hydrogen-bond donors (Lipinski definition) is 0. The molecular formula is C45H27N3S. The second-order valence-corrected chi connectivity index (χ2v) is 13.5. The first-order valence-corrected chi connectivity index (χ1v) is 17.3. The number of hydrogen-bond acceptors (Lipinski definition) is 4. The number of benzene rings is 8. The van der Waals surface area contributed by atoms with Crippen LogP contribution in [-0.4, -0.2) is 15.0 Å². The summed E-state index contributed by atoms with van der Waals surface area (Å²) in [5.41, 5.74) is 5.34. The predicted molar refractivity (Wildman–Crippen MR) is 207 cm³/mol. The van der Waals surface area contributed by atoms with Gasteiger partial charge in [0.05, 0.1) is 0 Å². The van der Waals surface area contributed by atoms with Crippen molar-refractivity contribution in [1.82, 2.24) is 15.0 Å². The van der Waals surface area contributed by atoms with Crippen molar-refractivity contribution in [2.24, 2.45) is 0 Å². The number of nitrogens with zero attached hydrogens (tertiary/aromatic N) is 3. The Balaban J connectivity index is 1.21. The van der Waals surface area contributed by atoms with Gasteiger partial charge in [0.2, 0.25) is 0 Å². The van der Waals surface area contributed by atoms with Crippen molar-refractivity contribution >= 4 is 63.8 Å². The fraction of sp³-hybridized carbons (Fsp3) is 0. The van der Waals surface area contributed by atoms with Crippen molar-refractivity contribution < 1.29 is 0 Å². The van der Waals surface area contributed by atoms with Gasteiger partial charge in [-0.05, 0) is 73.8 Å². The molecule has 0 aliphatic rings.